The molecule has 28 heavy (non-hydrogen) atoms. The fraction of sp³-hybridized carbons (Fsp3) is 0.450. The number of hydrogen-bond donors (Lipinski definition) is 0. The highest BCUT2D eigenvalue weighted by Gasteiger charge is 2.30. The Hall–Kier alpha value is -1.90. The lowest BCUT2D eigenvalue weighted by atomic mass is 10.1. The quantitative estimate of drug-likeness (QED) is 0.643. The number of piperazine rings is 1. The molecule has 6 nitrogen and oxygen atoms in total. The van der Waals surface area contributed by atoms with E-state index in [2.05, 4.69) is 0 Å². The van der Waals surface area contributed by atoms with Crippen molar-refractivity contribution in [3.05, 3.63) is 46.8 Å². The number of thiophene rings is 1. The van der Waals surface area contributed by atoms with Crippen molar-refractivity contribution >= 4 is 27.3 Å². The molecule has 1 fully saturated rings. The number of sulfonamides is 1. The van der Waals surface area contributed by atoms with E-state index < -0.39 is 10.0 Å². The molecule has 0 N–H and O–H groups in total. The largest absolute Gasteiger partial charge is 0.493 e. The first-order valence-corrected chi connectivity index (χ1v) is 11.7. The van der Waals surface area contributed by atoms with Gasteiger partial charge in [-0.05, 0) is 42.8 Å². The van der Waals surface area contributed by atoms with Gasteiger partial charge in [-0.2, -0.15) is 4.31 Å². The first-order chi connectivity index (χ1) is 13.4. The van der Waals surface area contributed by atoms with Crippen molar-refractivity contribution < 1.29 is 17.9 Å². The molecule has 0 unspecified atom stereocenters. The molecule has 2 heterocycles. The Morgan fingerprint density at radius 1 is 1.07 bits per heavy atom. The van der Waals surface area contributed by atoms with E-state index in [1.807, 2.05) is 32.0 Å². The zero-order valence-corrected chi connectivity index (χ0v) is 17.9. The van der Waals surface area contributed by atoms with Crippen LogP contribution < -0.4 is 4.74 Å². The molecule has 8 heteroatoms. The topological polar surface area (TPSA) is 66.9 Å². The summed E-state index contributed by atoms with van der Waals surface area (Å²) in [5.74, 6) is 0.945. The second kappa shape index (κ2) is 9.07. The fourth-order valence-electron chi connectivity index (χ4n) is 3.30. The minimum absolute atomic E-state index is 0.0540. The summed E-state index contributed by atoms with van der Waals surface area (Å²) in [6, 6.07) is 9.37. The van der Waals surface area contributed by atoms with Crippen LogP contribution in [-0.4, -0.2) is 56.3 Å². The average Bonchev–Trinajstić information content (AvgIpc) is 3.23. The number of aryl methyl sites for hydroxylation is 2. The molecule has 2 aromatic rings. The summed E-state index contributed by atoms with van der Waals surface area (Å²) in [6.07, 6.45) is 1.04. The molecule has 1 amide bonds. The first kappa shape index (κ1) is 20.8. The Kier molecular flexibility index (Phi) is 6.74. The van der Waals surface area contributed by atoms with E-state index in [0.29, 0.717) is 49.8 Å². The summed E-state index contributed by atoms with van der Waals surface area (Å²) in [4.78, 5) is 14.2. The third-order valence-electron chi connectivity index (χ3n) is 4.87. The molecule has 0 atom stereocenters. The predicted molar refractivity (Wildman–Crippen MR) is 110 cm³/mol. The molecule has 1 aromatic heterocycles. The lowest BCUT2D eigenvalue weighted by Crippen LogP contribution is -2.50. The molecule has 1 saturated heterocycles. The molecule has 3 rings (SSSR count). The molecule has 152 valence electrons. The lowest BCUT2D eigenvalue weighted by molar-refractivity contribution is -0.132. The number of benzene rings is 1. The SMILES string of the molecule is Cc1cccc(C)c1OCCCC(=O)N1CCN(S(=O)(=O)c2cccs2)CC1. The Bertz CT molecular complexity index is 882. The van der Waals surface area contributed by atoms with Crippen molar-refractivity contribution in [2.75, 3.05) is 32.8 Å². The van der Waals surface area contributed by atoms with Gasteiger partial charge in [0.15, 0.2) is 0 Å². The summed E-state index contributed by atoms with van der Waals surface area (Å²) < 4.78 is 32.8. The minimum atomic E-state index is -3.43. The standard InChI is InChI=1S/C20H26N2O4S2/c1-16-6-3-7-17(2)20(16)26-14-4-8-18(23)21-10-12-22(13-11-21)28(24,25)19-9-5-15-27-19/h3,5-7,9,15H,4,8,10-14H2,1-2H3. The average molecular weight is 423 g/mol. The maximum Gasteiger partial charge on any atom is 0.252 e. The lowest BCUT2D eigenvalue weighted by Gasteiger charge is -2.33. The van der Waals surface area contributed by atoms with E-state index in [4.69, 9.17) is 4.74 Å². The summed E-state index contributed by atoms with van der Waals surface area (Å²) in [6.45, 7) is 6.05. The van der Waals surface area contributed by atoms with Crippen molar-refractivity contribution in [2.45, 2.75) is 30.9 Å². The van der Waals surface area contributed by atoms with Crippen LogP contribution in [0.25, 0.3) is 0 Å². The van der Waals surface area contributed by atoms with E-state index in [1.54, 1.807) is 22.4 Å². The highest BCUT2D eigenvalue weighted by atomic mass is 32.2. The number of rotatable bonds is 7. The van der Waals surface area contributed by atoms with Gasteiger partial charge in [-0.3, -0.25) is 4.79 Å². The Labute approximate surface area is 170 Å². The van der Waals surface area contributed by atoms with Gasteiger partial charge in [0.1, 0.15) is 9.96 Å². The number of amides is 1. The van der Waals surface area contributed by atoms with Crippen LogP contribution in [0.3, 0.4) is 0 Å². The van der Waals surface area contributed by atoms with Gasteiger partial charge >= 0.3 is 0 Å². The molecule has 0 radical (unpaired) electrons. The van der Waals surface area contributed by atoms with Crippen LogP contribution in [0, 0.1) is 13.8 Å². The second-order valence-corrected chi connectivity index (χ2v) is 10.0. The van der Waals surface area contributed by atoms with E-state index in [-0.39, 0.29) is 5.91 Å². The maximum atomic E-state index is 12.5. The van der Waals surface area contributed by atoms with Gasteiger partial charge in [-0.15, -0.1) is 11.3 Å². The first-order valence-electron chi connectivity index (χ1n) is 9.40. The van der Waals surface area contributed by atoms with Crippen molar-refractivity contribution in [2.24, 2.45) is 0 Å². The summed E-state index contributed by atoms with van der Waals surface area (Å²) in [5.41, 5.74) is 2.18. The van der Waals surface area contributed by atoms with Gasteiger partial charge in [0.05, 0.1) is 6.61 Å². The predicted octanol–water partition coefficient (Wildman–Crippen LogP) is 3.06. The summed E-state index contributed by atoms with van der Waals surface area (Å²) in [5, 5.41) is 1.76. The summed E-state index contributed by atoms with van der Waals surface area (Å²) in [7, 11) is -3.43. The highest BCUT2D eigenvalue weighted by molar-refractivity contribution is 7.91. The number of carbonyl (C=O) groups is 1. The van der Waals surface area contributed by atoms with Gasteiger partial charge in [-0.25, -0.2) is 8.42 Å². The molecule has 0 aliphatic carbocycles. The zero-order valence-electron chi connectivity index (χ0n) is 16.3. The Balaban J connectivity index is 1.43. The van der Waals surface area contributed by atoms with Gasteiger partial charge < -0.3 is 9.64 Å². The van der Waals surface area contributed by atoms with Crippen LogP contribution in [-0.2, 0) is 14.8 Å². The Morgan fingerprint density at radius 3 is 2.36 bits per heavy atom. The molecule has 0 spiro atoms. The fourth-order valence-corrected chi connectivity index (χ4v) is 5.86. The van der Waals surface area contributed by atoms with Crippen molar-refractivity contribution in [1.82, 2.24) is 9.21 Å². The van der Waals surface area contributed by atoms with Gasteiger partial charge in [0, 0.05) is 32.6 Å². The molecular weight excluding hydrogens is 396 g/mol. The second-order valence-electron chi connectivity index (χ2n) is 6.89. The number of hydrogen-bond acceptors (Lipinski definition) is 5. The normalized spacial score (nSPS) is 15.6. The van der Waals surface area contributed by atoms with Crippen LogP contribution in [0.5, 0.6) is 5.75 Å². The molecule has 1 aromatic carbocycles. The smallest absolute Gasteiger partial charge is 0.252 e. The van der Waals surface area contributed by atoms with E-state index in [1.165, 1.54) is 15.6 Å². The van der Waals surface area contributed by atoms with Gasteiger partial charge in [0.2, 0.25) is 5.91 Å². The van der Waals surface area contributed by atoms with E-state index in [0.717, 1.165) is 16.9 Å². The molecule has 0 saturated carbocycles. The Morgan fingerprint density at radius 2 is 1.75 bits per heavy atom. The number of carbonyl (C=O) groups excluding carboxylic acids is 1. The maximum absolute atomic E-state index is 12.5. The third kappa shape index (κ3) is 4.74. The molecule has 0 bridgehead atoms. The molecule has 1 aliphatic heterocycles. The van der Waals surface area contributed by atoms with Crippen LogP contribution >= 0.6 is 11.3 Å². The van der Waals surface area contributed by atoms with Crippen molar-refractivity contribution in [1.29, 1.82) is 0 Å². The number of para-hydroxylation sites is 1. The highest BCUT2D eigenvalue weighted by Crippen LogP contribution is 2.23. The van der Waals surface area contributed by atoms with E-state index in [9.17, 15) is 13.2 Å². The van der Waals surface area contributed by atoms with Crippen LogP contribution in [0.1, 0.15) is 24.0 Å². The van der Waals surface area contributed by atoms with E-state index >= 15 is 0 Å². The summed E-state index contributed by atoms with van der Waals surface area (Å²) >= 11 is 1.22. The molecule has 1 aliphatic rings. The van der Waals surface area contributed by atoms with Crippen LogP contribution in [0.2, 0.25) is 0 Å². The monoisotopic (exact) mass is 422 g/mol. The van der Waals surface area contributed by atoms with Gasteiger partial charge in [-0.1, -0.05) is 24.3 Å². The number of ether oxygens (including phenoxy) is 1. The number of nitrogens with zero attached hydrogens (tertiary/aromatic N) is 2. The van der Waals surface area contributed by atoms with Crippen LogP contribution in [0.4, 0.5) is 0 Å². The van der Waals surface area contributed by atoms with Crippen molar-refractivity contribution in [3.63, 3.8) is 0 Å². The van der Waals surface area contributed by atoms with Gasteiger partial charge in [0.25, 0.3) is 10.0 Å². The zero-order chi connectivity index (χ0) is 20.1. The van der Waals surface area contributed by atoms with Crippen LogP contribution in [0.15, 0.2) is 39.9 Å². The molecular formula is C20H26N2O4S2. The van der Waals surface area contributed by atoms with Crippen molar-refractivity contribution in [3.8, 4) is 5.75 Å². The minimum Gasteiger partial charge on any atom is -0.493 e. The third-order valence-corrected chi connectivity index (χ3v) is 8.14.